The molecule has 2 aromatic carbocycles. The summed E-state index contributed by atoms with van der Waals surface area (Å²) >= 11 is 5.77. The third kappa shape index (κ3) is 4.62. The van der Waals surface area contributed by atoms with Gasteiger partial charge in [0.1, 0.15) is 0 Å². The van der Waals surface area contributed by atoms with Crippen molar-refractivity contribution >= 4 is 38.9 Å². The van der Waals surface area contributed by atoms with Crippen LogP contribution in [0.25, 0.3) is 0 Å². The molecule has 0 heterocycles. The SMILES string of the molecule is CC(=NNS(=O)(=O)c1ccc(Cl)cc1)c1cccc(NC(=O)C2CC2)c1. The first-order chi connectivity index (χ1) is 12.3. The number of carbonyl (C=O) groups is 1. The fourth-order valence-electron chi connectivity index (χ4n) is 2.27. The van der Waals surface area contributed by atoms with Gasteiger partial charge in [-0.05, 0) is 61.7 Å². The average molecular weight is 392 g/mol. The molecule has 136 valence electrons. The van der Waals surface area contributed by atoms with Crippen LogP contribution in [0.15, 0.2) is 58.5 Å². The predicted molar refractivity (Wildman–Crippen MR) is 102 cm³/mol. The van der Waals surface area contributed by atoms with Crippen LogP contribution in [0.1, 0.15) is 25.3 Å². The van der Waals surface area contributed by atoms with Crippen molar-refractivity contribution in [3.05, 3.63) is 59.1 Å². The number of carbonyl (C=O) groups excluding carboxylic acids is 1. The molecule has 8 heteroatoms. The third-order valence-corrected chi connectivity index (χ3v) is 5.43. The number of anilines is 1. The number of nitrogens with one attached hydrogen (secondary N) is 2. The van der Waals surface area contributed by atoms with E-state index in [0.29, 0.717) is 22.0 Å². The summed E-state index contributed by atoms with van der Waals surface area (Å²) < 4.78 is 24.5. The van der Waals surface area contributed by atoms with Gasteiger partial charge in [0.25, 0.3) is 10.0 Å². The van der Waals surface area contributed by atoms with Gasteiger partial charge in [-0.3, -0.25) is 4.79 Å². The molecule has 0 aromatic heterocycles. The molecule has 0 aliphatic heterocycles. The molecule has 6 nitrogen and oxygen atoms in total. The van der Waals surface area contributed by atoms with Gasteiger partial charge in [0.15, 0.2) is 0 Å². The third-order valence-electron chi connectivity index (χ3n) is 3.95. The van der Waals surface area contributed by atoms with Crippen LogP contribution in [0.4, 0.5) is 5.69 Å². The van der Waals surface area contributed by atoms with Crippen LogP contribution in [0, 0.1) is 5.92 Å². The zero-order valence-corrected chi connectivity index (χ0v) is 15.6. The molecule has 0 atom stereocenters. The van der Waals surface area contributed by atoms with Gasteiger partial charge in [-0.2, -0.15) is 18.4 Å². The second kappa shape index (κ2) is 7.47. The Balaban J connectivity index is 1.72. The Hall–Kier alpha value is -2.38. The number of halogens is 1. The first-order valence-corrected chi connectivity index (χ1v) is 9.94. The van der Waals surface area contributed by atoms with Crippen LogP contribution in [0.5, 0.6) is 0 Å². The van der Waals surface area contributed by atoms with E-state index in [1.54, 1.807) is 31.2 Å². The van der Waals surface area contributed by atoms with E-state index in [0.717, 1.165) is 12.8 Å². The van der Waals surface area contributed by atoms with Gasteiger partial charge in [0, 0.05) is 16.6 Å². The summed E-state index contributed by atoms with van der Waals surface area (Å²) in [4.78, 5) is 14.1. The molecule has 1 fully saturated rings. The Morgan fingerprint density at radius 2 is 1.85 bits per heavy atom. The highest BCUT2D eigenvalue weighted by Gasteiger charge is 2.29. The summed E-state index contributed by atoms with van der Waals surface area (Å²) in [5.74, 6) is 0.125. The van der Waals surface area contributed by atoms with Crippen molar-refractivity contribution in [2.45, 2.75) is 24.7 Å². The monoisotopic (exact) mass is 391 g/mol. The van der Waals surface area contributed by atoms with E-state index >= 15 is 0 Å². The van der Waals surface area contributed by atoms with Gasteiger partial charge < -0.3 is 5.32 Å². The zero-order chi connectivity index (χ0) is 18.7. The lowest BCUT2D eigenvalue weighted by molar-refractivity contribution is -0.117. The smallest absolute Gasteiger partial charge is 0.276 e. The van der Waals surface area contributed by atoms with Crippen molar-refractivity contribution in [2.24, 2.45) is 11.0 Å². The van der Waals surface area contributed by atoms with Gasteiger partial charge in [0.05, 0.1) is 10.6 Å². The highest BCUT2D eigenvalue weighted by Crippen LogP contribution is 2.30. The second-order valence-corrected chi connectivity index (χ2v) is 8.19. The zero-order valence-electron chi connectivity index (χ0n) is 14.1. The molecule has 1 aliphatic carbocycles. The molecule has 0 radical (unpaired) electrons. The molecule has 0 saturated heterocycles. The molecule has 26 heavy (non-hydrogen) atoms. The van der Waals surface area contributed by atoms with Crippen molar-refractivity contribution in [1.82, 2.24) is 4.83 Å². The average Bonchev–Trinajstić information content (AvgIpc) is 3.45. The minimum atomic E-state index is -3.78. The maximum Gasteiger partial charge on any atom is 0.276 e. The van der Waals surface area contributed by atoms with Gasteiger partial charge >= 0.3 is 0 Å². The normalized spacial score (nSPS) is 14.8. The van der Waals surface area contributed by atoms with E-state index in [2.05, 4.69) is 15.2 Å². The van der Waals surface area contributed by atoms with Gasteiger partial charge in [-0.1, -0.05) is 23.7 Å². The quantitative estimate of drug-likeness (QED) is 0.584. The molecule has 1 aliphatic rings. The summed E-state index contributed by atoms with van der Waals surface area (Å²) in [6.07, 6.45) is 1.86. The molecular formula is C18H18ClN3O3S. The van der Waals surface area contributed by atoms with Crippen LogP contribution >= 0.6 is 11.6 Å². The topological polar surface area (TPSA) is 87.6 Å². The van der Waals surface area contributed by atoms with Crippen molar-refractivity contribution in [2.75, 3.05) is 5.32 Å². The van der Waals surface area contributed by atoms with Crippen molar-refractivity contribution in [3.8, 4) is 0 Å². The van der Waals surface area contributed by atoms with E-state index < -0.39 is 10.0 Å². The fraction of sp³-hybridized carbons (Fsp3) is 0.222. The molecule has 0 unspecified atom stereocenters. The maximum atomic E-state index is 12.3. The molecular weight excluding hydrogens is 374 g/mol. The summed E-state index contributed by atoms with van der Waals surface area (Å²) in [5, 5.41) is 7.28. The highest BCUT2D eigenvalue weighted by atomic mass is 35.5. The van der Waals surface area contributed by atoms with E-state index in [-0.39, 0.29) is 16.7 Å². The largest absolute Gasteiger partial charge is 0.326 e. The minimum absolute atomic E-state index is 0.0141. The Morgan fingerprint density at radius 3 is 2.50 bits per heavy atom. The number of sulfonamides is 1. The van der Waals surface area contributed by atoms with Crippen LogP contribution in [-0.2, 0) is 14.8 Å². The number of benzene rings is 2. The Morgan fingerprint density at radius 1 is 1.15 bits per heavy atom. The fourth-order valence-corrected chi connectivity index (χ4v) is 3.25. The second-order valence-electron chi connectivity index (χ2n) is 6.09. The summed E-state index contributed by atoms with van der Waals surface area (Å²) in [6.45, 7) is 1.69. The Labute approximate surface area is 157 Å². The van der Waals surface area contributed by atoms with E-state index in [9.17, 15) is 13.2 Å². The molecule has 3 rings (SSSR count). The lowest BCUT2D eigenvalue weighted by atomic mass is 10.1. The van der Waals surface area contributed by atoms with Gasteiger partial charge in [-0.15, -0.1) is 0 Å². The molecule has 0 spiro atoms. The standard InChI is InChI=1S/C18H18ClN3O3S/c1-12(21-22-26(24,25)17-9-7-15(19)8-10-17)14-3-2-4-16(11-14)20-18(23)13-5-6-13/h2-4,7-11,13,22H,5-6H2,1H3,(H,20,23). The minimum Gasteiger partial charge on any atom is -0.326 e. The van der Waals surface area contributed by atoms with E-state index in [1.165, 1.54) is 24.3 Å². The number of rotatable bonds is 6. The number of nitrogens with zero attached hydrogens (tertiary/aromatic N) is 1. The van der Waals surface area contributed by atoms with Crippen LogP contribution in [0.2, 0.25) is 5.02 Å². The number of hydrogen-bond donors (Lipinski definition) is 2. The predicted octanol–water partition coefficient (Wildman–Crippen LogP) is 3.39. The number of amides is 1. The van der Waals surface area contributed by atoms with E-state index in [1.807, 2.05) is 0 Å². The lowest BCUT2D eigenvalue weighted by Crippen LogP contribution is -2.20. The maximum absolute atomic E-state index is 12.3. The van der Waals surface area contributed by atoms with Crippen LogP contribution in [-0.4, -0.2) is 20.0 Å². The summed E-state index contributed by atoms with van der Waals surface area (Å²) in [5.41, 5.74) is 1.84. The Kier molecular flexibility index (Phi) is 5.29. The van der Waals surface area contributed by atoms with Crippen molar-refractivity contribution in [1.29, 1.82) is 0 Å². The number of hydrogen-bond acceptors (Lipinski definition) is 4. The van der Waals surface area contributed by atoms with Crippen LogP contribution < -0.4 is 10.1 Å². The molecule has 2 N–H and O–H groups in total. The summed E-state index contributed by atoms with van der Waals surface area (Å²) in [7, 11) is -3.78. The lowest BCUT2D eigenvalue weighted by Gasteiger charge is -2.08. The molecule has 1 amide bonds. The molecule has 0 bridgehead atoms. The van der Waals surface area contributed by atoms with Gasteiger partial charge in [-0.25, -0.2) is 0 Å². The molecule has 2 aromatic rings. The highest BCUT2D eigenvalue weighted by molar-refractivity contribution is 7.89. The van der Waals surface area contributed by atoms with E-state index in [4.69, 9.17) is 11.6 Å². The van der Waals surface area contributed by atoms with Crippen molar-refractivity contribution < 1.29 is 13.2 Å². The first-order valence-electron chi connectivity index (χ1n) is 8.08. The van der Waals surface area contributed by atoms with Crippen LogP contribution in [0.3, 0.4) is 0 Å². The molecule has 1 saturated carbocycles. The van der Waals surface area contributed by atoms with Crippen molar-refractivity contribution in [3.63, 3.8) is 0 Å². The summed E-state index contributed by atoms with van der Waals surface area (Å²) in [6, 6.07) is 12.9. The Bertz CT molecular complexity index is 952. The van der Waals surface area contributed by atoms with Gasteiger partial charge in [0.2, 0.25) is 5.91 Å². The number of hydrazone groups is 1. The first kappa shape index (κ1) is 18.4.